The molecule has 0 atom stereocenters. The first-order valence-electron chi connectivity index (χ1n) is 10.4. The van der Waals surface area contributed by atoms with Crippen molar-refractivity contribution >= 4 is 11.8 Å². The number of aromatic nitrogens is 1. The average Bonchev–Trinajstić information content (AvgIpc) is 3.17. The maximum atomic E-state index is 12.7. The Bertz CT molecular complexity index is 849. The molecule has 148 valence electrons. The Balaban J connectivity index is 1.23. The molecule has 3 heterocycles. The highest BCUT2D eigenvalue weighted by Crippen LogP contribution is 2.25. The molecule has 1 aromatic carbocycles. The first-order chi connectivity index (χ1) is 13.6. The van der Waals surface area contributed by atoms with Gasteiger partial charge < -0.3 is 14.8 Å². The first kappa shape index (κ1) is 18.8. The number of fused-ring (bicyclic) bond motifs is 1. The van der Waals surface area contributed by atoms with Gasteiger partial charge in [0.1, 0.15) is 0 Å². The second-order valence-corrected chi connectivity index (χ2v) is 8.12. The second kappa shape index (κ2) is 8.21. The number of carbonyl (C=O) groups excluding carboxylic acids is 2. The molecule has 5 heteroatoms. The number of piperidine rings is 1. The van der Waals surface area contributed by atoms with E-state index in [1.54, 1.807) is 0 Å². The number of aryl methyl sites for hydroxylation is 1. The van der Waals surface area contributed by atoms with E-state index in [4.69, 9.17) is 0 Å². The third-order valence-electron chi connectivity index (χ3n) is 6.34. The number of carbonyl (C=O) groups is 2. The summed E-state index contributed by atoms with van der Waals surface area (Å²) in [6, 6.07) is 10.3. The minimum Gasteiger partial charge on any atom is -0.365 e. The number of hydrogen-bond acceptors (Lipinski definition) is 2. The van der Waals surface area contributed by atoms with Crippen molar-refractivity contribution in [3.63, 3.8) is 0 Å². The van der Waals surface area contributed by atoms with Gasteiger partial charge in [-0.05, 0) is 55.7 Å². The average molecular weight is 380 g/mol. The van der Waals surface area contributed by atoms with Crippen LogP contribution in [0.25, 0.3) is 0 Å². The van der Waals surface area contributed by atoms with Gasteiger partial charge in [-0.25, -0.2) is 0 Å². The summed E-state index contributed by atoms with van der Waals surface area (Å²) in [4.78, 5) is 32.3. The summed E-state index contributed by atoms with van der Waals surface area (Å²) in [6.45, 7) is 5.10. The van der Waals surface area contributed by atoms with Gasteiger partial charge in [-0.2, -0.15) is 0 Å². The zero-order valence-electron chi connectivity index (χ0n) is 16.6. The van der Waals surface area contributed by atoms with E-state index >= 15 is 0 Å². The third-order valence-corrected chi connectivity index (χ3v) is 6.34. The fraction of sp³-hybridized carbons (Fsp3) is 0.478. The zero-order valence-corrected chi connectivity index (χ0v) is 16.6. The molecule has 2 aliphatic heterocycles. The van der Waals surface area contributed by atoms with E-state index in [0.29, 0.717) is 12.3 Å². The van der Waals surface area contributed by atoms with Crippen LogP contribution in [0.1, 0.15) is 52.9 Å². The van der Waals surface area contributed by atoms with Crippen molar-refractivity contribution in [2.24, 2.45) is 5.92 Å². The Labute approximate surface area is 166 Å². The van der Waals surface area contributed by atoms with Crippen LogP contribution < -0.4 is 0 Å². The van der Waals surface area contributed by atoms with E-state index in [0.717, 1.165) is 63.1 Å². The predicted molar refractivity (Wildman–Crippen MR) is 109 cm³/mol. The zero-order chi connectivity index (χ0) is 19.5. The lowest BCUT2D eigenvalue weighted by Crippen LogP contribution is -2.39. The molecule has 0 saturated carbocycles. The van der Waals surface area contributed by atoms with E-state index < -0.39 is 0 Å². The van der Waals surface area contributed by atoms with Gasteiger partial charge in [-0.1, -0.05) is 24.3 Å². The number of hydrogen-bond donors (Lipinski definition) is 1. The monoisotopic (exact) mass is 379 g/mol. The van der Waals surface area contributed by atoms with Crippen molar-refractivity contribution < 1.29 is 9.59 Å². The summed E-state index contributed by atoms with van der Waals surface area (Å²) in [7, 11) is 0. The number of rotatable bonds is 4. The molecular formula is C23H29N3O2. The molecule has 0 aliphatic carbocycles. The summed E-state index contributed by atoms with van der Waals surface area (Å²) in [5.74, 6) is 0.939. The molecule has 2 aromatic rings. The van der Waals surface area contributed by atoms with E-state index in [1.165, 1.54) is 11.1 Å². The third kappa shape index (κ3) is 3.98. The normalized spacial score (nSPS) is 17.5. The number of H-pyrrole nitrogens is 1. The number of nitrogens with one attached hydrogen (secondary N) is 1. The molecule has 1 aromatic heterocycles. The van der Waals surface area contributed by atoms with Crippen LogP contribution in [0.3, 0.4) is 0 Å². The number of amides is 2. The van der Waals surface area contributed by atoms with Crippen molar-refractivity contribution in [2.45, 2.75) is 45.6 Å². The largest absolute Gasteiger partial charge is 0.365 e. The summed E-state index contributed by atoms with van der Waals surface area (Å²) in [5, 5.41) is 0. The summed E-state index contributed by atoms with van der Waals surface area (Å²) < 4.78 is 0. The van der Waals surface area contributed by atoms with Crippen molar-refractivity contribution in [3.05, 3.63) is 58.9 Å². The molecule has 5 nitrogen and oxygen atoms in total. The minimum atomic E-state index is 0.125. The van der Waals surface area contributed by atoms with Gasteiger partial charge in [0.2, 0.25) is 5.91 Å². The molecule has 1 N–H and O–H groups in total. The molecule has 2 amide bonds. The Morgan fingerprint density at radius 3 is 2.50 bits per heavy atom. The molecule has 1 fully saturated rings. The van der Waals surface area contributed by atoms with Gasteiger partial charge in [-0.15, -0.1) is 0 Å². The highest BCUT2D eigenvalue weighted by molar-refractivity contribution is 5.95. The van der Waals surface area contributed by atoms with Crippen molar-refractivity contribution in [3.8, 4) is 0 Å². The number of nitrogens with zero attached hydrogens (tertiary/aromatic N) is 2. The van der Waals surface area contributed by atoms with Gasteiger partial charge >= 0.3 is 0 Å². The Hall–Kier alpha value is -2.56. The van der Waals surface area contributed by atoms with Crippen molar-refractivity contribution in [2.75, 3.05) is 19.6 Å². The number of benzene rings is 1. The Kier molecular flexibility index (Phi) is 5.51. The fourth-order valence-corrected chi connectivity index (χ4v) is 4.47. The van der Waals surface area contributed by atoms with Gasteiger partial charge in [0.25, 0.3) is 5.91 Å². The van der Waals surface area contributed by atoms with Gasteiger partial charge in [0.05, 0.1) is 5.56 Å². The van der Waals surface area contributed by atoms with Crippen LogP contribution in [-0.4, -0.2) is 46.2 Å². The van der Waals surface area contributed by atoms with Crippen LogP contribution in [-0.2, 0) is 17.8 Å². The van der Waals surface area contributed by atoms with Gasteiger partial charge in [0.15, 0.2) is 0 Å². The molecule has 0 spiro atoms. The van der Waals surface area contributed by atoms with Crippen LogP contribution in [0, 0.1) is 12.8 Å². The fourth-order valence-electron chi connectivity index (χ4n) is 4.47. The lowest BCUT2D eigenvalue weighted by molar-refractivity contribution is -0.132. The SMILES string of the molecule is Cc1[nH]ccc1C(=O)N1CCC(CCC(=O)N2CCc3ccccc3C2)CC1. The Morgan fingerprint density at radius 2 is 1.79 bits per heavy atom. The molecule has 28 heavy (non-hydrogen) atoms. The molecule has 0 bridgehead atoms. The highest BCUT2D eigenvalue weighted by Gasteiger charge is 2.26. The minimum absolute atomic E-state index is 0.125. The smallest absolute Gasteiger partial charge is 0.255 e. The molecule has 1 saturated heterocycles. The van der Waals surface area contributed by atoms with Gasteiger partial charge in [-0.3, -0.25) is 9.59 Å². The topological polar surface area (TPSA) is 56.4 Å². The molecule has 4 rings (SSSR count). The summed E-state index contributed by atoms with van der Waals surface area (Å²) >= 11 is 0. The van der Waals surface area contributed by atoms with Crippen molar-refractivity contribution in [1.82, 2.24) is 14.8 Å². The lowest BCUT2D eigenvalue weighted by Gasteiger charge is -2.33. The van der Waals surface area contributed by atoms with Crippen LogP contribution in [0.15, 0.2) is 36.5 Å². The molecule has 0 unspecified atom stereocenters. The van der Waals surface area contributed by atoms with E-state index in [1.807, 2.05) is 29.0 Å². The van der Waals surface area contributed by atoms with Crippen LogP contribution >= 0.6 is 0 Å². The van der Waals surface area contributed by atoms with Crippen molar-refractivity contribution in [1.29, 1.82) is 0 Å². The van der Waals surface area contributed by atoms with Crippen LogP contribution in [0.2, 0.25) is 0 Å². The Morgan fingerprint density at radius 1 is 1.04 bits per heavy atom. The highest BCUT2D eigenvalue weighted by atomic mass is 16.2. The quantitative estimate of drug-likeness (QED) is 0.883. The van der Waals surface area contributed by atoms with E-state index in [2.05, 4.69) is 29.2 Å². The molecule has 0 radical (unpaired) electrons. The van der Waals surface area contributed by atoms with Crippen LogP contribution in [0.5, 0.6) is 0 Å². The maximum absolute atomic E-state index is 12.7. The first-order valence-corrected chi connectivity index (χ1v) is 10.4. The van der Waals surface area contributed by atoms with Gasteiger partial charge in [0, 0.05) is 44.5 Å². The molecule has 2 aliphatic rings. The molecular weight excluding hydrogens is 350 g/mol. The van der Waals surface area contributed by atoms with E-state index in [-0.39, 0.29) is 11.8 Å². The summed E-state index contributed by atoms with van der Waals surface area (Å²) in [5.41, 5.74) is 4.37. The number of aromatic amines is 1. The second-order valence-electron chi connectivity index (χ2n) is 8.12. The number of likely N-dealkylation sites (tertiary alicyclic amines) is 1. The van der Waals surface area contributed by atoms with Crippen LogP contribution in [0.4, 0.5) is 0 Å². The summed E-state index contributed by atoms with van der Waals surface area (Å²) in [6.07, 6.45) is 6.32. The maximum Gasteiger partial charge on any atom is 0.255 e. The van der Waals surface area contributed by atoms with E-state index in [9.17, 15) is 9.59 Å². The predicted octanol–water partition coefficient (Wildman–Crippen LogP) is 3.54. The lowest BCUT2D eigenvalue weighted by atomic mass is 9.91. The standard InChI is InChI=1S/C23H29N3O2/c1-17-21(8-12-24-17)23(28)25-13-9-18(10-14-25)6-7-22(27)26-15-11-19-4-2-3-5-20(19)16-26/h2-5,8,12,18,24H,6-7,9-11,13-16H2,1H3.